The number of ether oxygens (including phenoxy) is 4. The van der Waals surface area contributed by atoms with Crippen LogP contribution in [0.2, 0.25) is 35.8 Å². The highest BCUT2D eigenvalue weighted by atomic mass is 28.4. The van der Waals surface area contributed by atoms with Crippen molar-refractivity contribution in [2.45, 2.75) is 116 Å². The van der Waals surface area contributed by atoms with Crippen LogP contribution in [0.5, 0.6) is 0 Å². The predicted octanol–water partition coefficient (Wildman–Crippen LogP) is 5.87. The number of hydrogen-bond donors (Lipinski definition) is 2. The Hall–Kier alpha value is -1.71. The Morgan fingerprint density at radius 3 is 2.04 bits per heavy atom. The van der Waals surface area contributed by atoms with Gasteiger partial charge in [0.05, 0.1) is 37.4 Å². The van der Waals surface area contributed by atoms with Crippen LogP contribution in [0.25, 0.3) is 0 Å². The fourth-order valence-electron chi connectivity index (χ4n) is 7.27. The molecule has 9 atom stereocenters. The average molecular weight is 683 g/mol. The van der Waals surface area contributed by atoms with Crippen molar-refractivity contribution >= 4 is 28.6 Å². The van der Waals surface area contributed by atoms with Gasteiger partial charge in [0.2, 0.25) is 8.32 Å². The molecule has 10 nitrogen and oxygen atoms in total. The van der Waals surface area contributed by atoms with Crippen LogP contribution < -0.4 is 0 Å². The van der Waals surface area contributed by atoms with E-state index in [0.29, 0.717) is 23.8 Å². The zero-order chi connectivity index (χ0) is 34.2. The predicted molar refractivity (Wildman–Crippen MR) is 178 cm³/mol. The molecule has 0 spiro atoms. The van der Waals surface area contributed by atoms with Crippen LogP contribution in [0.15, 0.2) is 23.7 Å². The smallest absolute Gasteiger partial charge is 0.337 e. The van der Waals surface area contributed by atoms with Crippen molar-refractivity contribution in [1.29, 1.82) is 0 Å². The summed E-state index contributed by atoms with van der Waals surface area (Å²) < 4.78 is 36.0. The highest BCUT2D eigenvalue weighted by Crippen LogP contribution is 2.51. The molecule has 262 valence electrons. The van der Waals surface area contributed by atoms with Crippen molar-refractivity contribution in [3.63, 3.8) is 0 Å². The number of carbonyl (C=O) groups is 2. The van der Waals surface area contributed by atoms with E-state index in [-0.39, 0.29) is 58.8 Å². The highest BCUT2D eigenvalue weighted by Gasteiger charge is 2.53. The Balaban J connectivity index is 1.41. The van der Waals surface area contributed by atoms with E-state index in [4.69, 9.17) is 27.8 Å². The van der Waals surface area contributed by atoms with Gasteiger partial charge in [-0.1, -0.05) is 41.5 Å². The largest absolute Gasteiger partial charge is 0.473 e. The van der Waals surface area contributed by atoms with Crippen molar-refractivity contribution in [2.75, 3.05) is 26.9 Å². The quantitative estimate of drug-likeness (QED) is 0.202. The summed E-state index contributed by atoms with van der Waals surface area (Å²) >= 11 is 0. The maximum absolute atomic E-state index is 13.5. The molecule has 4 rings (SSSR count). The van der Waals surface area contributed by atoms with Gasteiger partial charge in [0.15, 0.2) is 20.9 Å². The van der Waals surface area contributed by atoms with Crippen LogP contribution >= 0.6 is 0 Å². The minimum atomic E-state index is -2.64. The number of fused-ring (bicyclic) bond motifs is 2. The molecular formula is C34H58O10Si2. The molecule has 2 saturated carbocycles. The monoisotopic (exact) mass is 682 g/mol. The number of aliphatic hydroxyl groups is 2. The van der Waals surface area contributed by atoms with E-state index in [0.717, 1.165) is 25.7 Å². The second kappa shape index (κ2) is 14.0. The van der Waals surface area contributed by atoms with Crippen LogP contribution in [0.4, 0.5) is 0 Å². The average Bonchev–Trinajstić information content (AvgIpc) is 3.60. The number of esters is 2. The summed E-state index contributed by atoms with van der Waals surface area (Å²) in [5.41, 5.74) is 0.962. The molecule has 0 aromatic carbocycles. The van der Waals surface area contributed by atoms with Crippen LogP contribution in [-0.2, 0) is 37.4 Å². The number of hydrogen-bond acceptors (Lipinski definition) is 10. The molecule has 0 bridgehead atoms. The summed E-state index contributed by atoms with van der Waals surface area (Å²) in [6.45, 7) is 20.3. The fourth-order valence-corrected chi connectivity index (χ4v) is 10.8. The minimum Gasteiger partial charge on any atom is -0.473 e. The highest BCUT2D eigenvalue weighted by molar-refractivity contribution is 6.75. The first-order chi connectivity index (χ1) is 21.3. The molecule has 0 aromatic rings. The van der Waals surface area contributed by atoms with Gasteiger partial charge < -0.3 is 38.0 Å². The fraction of sp³-hybridized carbons (Fsp3) is 0.824. The molecule has 2 N–H and O–H groups in total. The van der Waals surface area contributed by atoms with Crippen molar-refractivity contribution in [3.05, 3.63) is 23.7 Å². The Bertz CT molecular complexity index is 1170. The van der Waals surface area contributed by atoms with E-state index in [1.54, 1.807) is 0 Å². The van der Waals surface area contributed by atoms with Gasteiger partial charge in [0.1, 0.15) is 0 Å². The van der Waals surface area contributed by atoms with Crippen LogP contribution in [0.3, 0.4) is 0 Å². The molecule has 12 heteroatoms. The van der Waals surface area contributed by atoms with Crippen molar-refractivity contribution in [1.82, 2.24) is 0 Å². The van der Waals surface area contributed by atoms with E-state index < -0.39 is 41.2 Å². The summed E-state index contributed by atoms with van der Waals surface area (Å²) in [5, 5.41) is 20.8. The molecule has 9 unspecified atom stereocenters. The summed E-state index contributed by atoms with van der Waals surface area (Å²) in [5.74, 6) is -1.44. The van der Waals surface area contributed by atoms with E-state index in [9.17, 15) is 19.8 Å². The SMILES string of the molecule is COC(=O)C1=COC(O[Si](C)(CCOC(=O)C2=COC(O)C3C(CO[Si](C)(C)C(C)(C)C)CCC23)C(C)(C)C)C2C(CO)CCC12. The number of carbonyl (C=O) groups excluding carboxylic acids is 2. The first kappa shape index (κ1) is 37.1. The van der Waals surface area contributed by atoms with Gasteiger partial charge in [-0.25, -0.2) is 9.59 Å². The standard InChI is InChI=1S/C34H58O10Si2/c1-33(2,3)45(8,9)43-18-22-12-14-23-26(19-41-31(38)27(22)23)30(37)40-15-16-46(10,34(4,5)6)44-32-28-21(17-35)11-13-24(28)25(20-42-32)29(36)39-7/h19-24,27-28,31-32,35,38H,11-18H2,1-10H3. The third kappa shape index (κ3) is 7.46. The normalized spacial score (nSPS) is 32.6. The van der Waals surface area contributed by atoms with Crippen molar-refractivity contribution in [3.8, 4) is 0 Å². The van der Waals surface area contributed by atoms with Gasteiger partial charge in [0.25, 0.3) is 0 Å². The lowest BCUT2D eigenvalue weighted by Crippen LogP contribution is -2.52. The van der Waals surface area contributed by atoms with Crippen LogP contribution in [0.1, 0.15) is 67.2 Å². The lowest BCUT2D eigenvalue weighted by atomic mass is 9.83. The van der Waals surface area contributed by atoms with Gasteiger partial charge in [0, 0.05) is 42.9 Å². The zero-order valence-corrected chi connectivity index (χ0v) is 31.6. The summed E-state index contributed by atoms with van der Waals surface area (Å²) in [7, 11) is -3.24. The lowest BCUT2D eigenvalue weighted by molar-refractivity contribution is -0.148. The molecule has 0 amide bonds. The van der Waals surface area contributed by atoms with Crippen molar-refractivity contribution in [2.24, 2.45) is 35.5 Å². The molecular weight excluding hydrogens is 625 g/mol. The Morgan fingerprint density at radius 2 is 1.46 bits per heavy atom. The molecule has 0 saturated heterocycles. The second-order valence-corrected chi connectivity index (χ2v) is 26.0. The Morgan fingerprint density at radius 1 is 0.870 bits per heavy atom. The molecule has 2 aliphatic carbocycles. The summed E-state index contributed by atoms with van der Waals surface area (Å²) in [6.07, 6.45) is 4.40. The third-order valence-electron chi connectivity index (χ3n) is 12.0. The molecule has 0 aromatic heterocycles. The molecule has 2 heterocycles. The van der Waals surface area contributed by atoms with Crippen molar-refractivity contribution < 1.29 is 47.6 Å². The maximum Gasteiger partial charge on any atom is 0.337 e. The topological polar surface area (TPSA) is 130 Å². The van der Waals surface area contributed by atoms with E-state index in [2.05, 4.69) is 61.2 Å². The third-order valence-corrected chi connectivity index (χ3v) is 21.5. The molecule has 0 radical (unpaired) electrons. The Kier molecular flexibility index (Phi) is 11.3. The van der Waals surface area contributed by atoms with E-state index >= 15 is 0 Å². The number of methoxy groups -OCH3 is 1. The Labute approximate surface area is 277 Å². The van der Waals surface area contributed by atoms with Crippen LogP contribution in [0, 0.1) is 35.5 Å². The molecule has 4 aliphatic rings. The minimum absolute atomic E-state index is 0.0124. The van der Waals surface area contributed by atoms with Gasteiger partial charge in [-0.2, -0.15) is 0 Å². The summed E-state index contributed by atoms with van der Waals surface area (Å²) in [6, 6.07) is 0.532. The first-order valence-electron chi connectivity index (χ1n) is 16.9. The first-order valence-corrected chi connectivity index (χ1v) is 22.4. The second-order valence-electron chi connectivity index (χ2n) is 16.5. The zero-order valence-electron chi connectivity index (χ0n) is 29.6. The molecule has 46 heavy (non-hydrogen) atoms. The van der Waals surface area contributed by atoms with Gasteiger partial charge in [-0.15, -0.1) is 0 Å². The van der Waals surface area contributed by atoms with E-state index in [1.165, 1.54) is 19.6 Å². The summed E-state index contributed by atoms with van der Waals surface area (Å²) in [4.78, 5) is 25.9. The number of rotatable bonds is 11. The van der Waals surface area contributed by atoms with Gasteiger partial charge in [-0.3, -0.25) is 0 Å². The molecule has 2 aliphatic heterocycles. The maximum atomic E-state index is 13.5. The van der Waals surface area contributed by atoms with Crippen LogP contribution in [-0.4, -0.2) is 78.3 Å². The lowest BCUT2D eigenvalue weighted by Gasteiger charge is -2.45. The number of aliphatic hydroxyl groups excluding tert-OH is 2. The molecule has 2 fully saturated rings. The van der Waals surface area contributed by atoms with Gasteiger partial charge >= 0.3 is 11.9 Å². The van der Waals surface area contributed by atoms with E-state index in [1.807, 2.05) is 0 Å². The van der Waals surface area contributed by atoms with Gasteiger partial charge in [-0.05, 0) is 67.2 Å².